The van der Waals surface area contributed by atoms with E-state index in [4.69, 9.17) is 9.47 Å². The van der Waals surface area contributed by atoms with Gasteiger partial charge in [0.05, 0.1) is 19.1 Å². The van der Waals surface area contributed by atoms with E-state index in [2.05, 4.69) is 5.32 Å². The van der Waals surface area contributed by atoms with Crippen LogP contribution >= 0.6 is 0 Å². The molecule has 7 heteroatoms. The standard InChI is InChI=1S/C25H40N2O5/c1-18(2)14-20(26-23(30)32-25(6,7)8)21(28)16-27(15-19-12-10-9-11-13-19)17-22(29)31-24(3,4)5/h9-13,18,20H,14-17H2,1-8H3,(H,26,30). The first-order valence-electron chi connectivity index (χ1n) is 11.1. The lowest BCUT2D eigenvalue weighted by molar-refractivity contribution is -0.156. The summed E-state index contributed by atoms with van der Waals surface area (Å²) in [6.07, 6.45) is -0.151. The van der Waals surface area contributed by atoms with E-state index in [-0.39, 0.29) is 24.8 Å². The highest BCUT2D eigenvalue weighted by molar-refractivity contribution is 5.89. The number of nitrogens with one attached hydrogen (secondary N) is 1. The molecule has 1 amide bonds. The van der Waals surface area contributed by atoms with Crippen LogP contribution in [0.15, 0.2) is 30.3 Å². The molecule has 0 radical (unpaired) electrons. The van der Waals surface area contributed by atoms with Crippen LogP contribution in [0, 0.1) is 5.92 Å². The number of amides is 1. The molecule has 0 spiro atoms. The Balaban J connectivity index is 2.96. The van der Waals surface area contributed by atoms with E-state index in [1.165, 1.54) is 0 Å². The summed E-state index contributed by atoms with van der Waals surface area (Å²) in [4.78, 5) is 39.7. The van der Waals surface area contributed by atoms with Crippen LogP contribution in [0.1, 0.15) is 67.4 Å². The van der Waals surface area contributed by atoms with Crippen molar-refractivity contribution < 1.29 is 23.9 Å². The van der Waals surface area contributed by atoms with Gasteiger partial charge in [-0.05, 0) is 59.4 Å². The van der Waals surface area contributed by atoms with Gasteiger partial charge in [-0.1, -0.05) is 44.2 Å². The Hall–Kier alpha value is -2.41. The number of Topliss-reactive ketones (excluding diaryl/α,β-unsaturated/α-hetero) is 1. The van der Waals surface area contributed by atoms with Gasteiger partial charge in [0.1, 0.15) is 11.2 Å². The van der Waals surface area contributed by atoms with Gasteiger partial charge < -0.3 is 14.8 Å². The van der Waals surface area contributed by atoms with Crippen molar-refractivity contribution in [3.05, 3.63) is 35.9 Å². The quantitative estimate of drug-likeness (QED) is 0.536. The number of hydrogen-bond acceptors (Lipinski definition) is 6. The SMILES string of the molecule is CC(C)CC(NC(=O)OC(C)(C)C)C(=O)CN(CC(=O)OC(C)(C)C)Cc1ccccc1. The largest absolute Gasteiger partial charge is 0.459 e. The molecular weight excluding hydrogens is 408 g/mol. The minimum absolute atomic E-state index is 0.00131. The average Bonchev–Trinajstić information content (AvgIpc) is 2.58. The number of esters is 1. The summed E-state index contributed by atoms with van der Waals surface area (Å²) in [5, 5.41) is 2.71. The fraction of sp³-hybridized carbons (Fsp3) is 0.640. The summed E-state index contributed by atoms with van der Waals surface area (Å²) in [6, 6.07) is 8.91. The van der Waals surface area contributed by atoms with Gasteiger partial charge in [0.15, 0.2) is 5.78 Å². The molecule has 1 N–H and O–H groups in total. The van der Waals surface area contributed by atoms with Crippen LogP contribution in [0.2, 0.25) is 0 Å². The monoisotopic (exact) mass is 448 g/mol. The van der Waals surface area contributed by atoms with Crippen LogP contribution in [0.3, 0.4) is 0 Å². The van der Waals surface area contributed by atoms with Gasteiger partial charge in [-0.3, -0.25) is 14.5 Å². The third-order valence-corrected chi connectivity index (χ3v) is 4.19. The number of hydrogen-bond donors (Lipinski definition) is 1. The van der Waals surface area contributed by atoms with E-state index < -0.39 is 29.3 Å². The second kappa shape index (κ2) is 12.0. The number of alkyl carbamates (subject to hydrolysis) is 1. The Morgan fingerprint density at radius 1 is 0.906 bits per heavy atom. The molecular formula is C25H40N2O5. The smallest absolute Gasteiger partial charge is 0.408 e. The molecule has 0 aliphatic carbocycles. The highest BCUT2D eigenvalue weighted by Crippen LogP contribution is 2.13. The first-order valence-corrected chi connectivity index (χ1v) is 11.1. The van der Waals surface area contributed by atoms with Gasteiger partial charge in [-0.2, -0.15) is 0 Å². The van der Waals surface area contributed by atoms with Crippen LogP contribution in [0.5, 0.6) is 0 Å². The summed E-state index contributed by atoms with van der Waals surface area (Å²) in [6.45, 7) is 15.1. The third kappa shape index (κ3) is 12.4. The molecule has 0 aliphatic heterocycles. The predicted molar refractivity (Wildman–Crippen MR) is 125 cm³/mol. The highest BCUT2D eigenvalue weighted by atomic mass is 16.6. The molecule has 180 valence electrons. The van der Waals surface area contributed by atoms with E-state index >= 15 is 0 Å². The van der Waals surface area contributed by atoms with Crippen LogP contribution in [-0.2, 0) is 25.6 Å². The maximum Gasteiger partial charge on any atom is 0.408 e. The topological polar surface area (TPSA) is 84.9 Å². The van der Waals surface area contributed by atoms with E-state index in [0.29, 0.717) is 13.0 Å². The second-order valence-corrected chi connectivity index (χ2v) is 10.5. The first kappa shape index (κ1) is 27.6. The summed E-state index contributed by atoms with van der Waals surface area (Å²) in [5.41, 5.74) is -0.298. The molecule has 0 heterocycles. The Morgan fingerprint density at radius 2 is 1.47 bits per heavy atom. The fourth-order valence-corrected chi connectivity index (χ4v) is 3.09. The number of ketones is 1. The van der Waals surface area contributed by atoms with Gasteiger partial charge in [0.25, 0.3) is 0 Å². The van der Waals surface area contributed by atoms with E-state index in [1.54, 1.807) is 46.4 Å². The molecule has 0 saturated heterocycles. The fourth-order valence-electron chi connectivity index (χ4n) is 3.09. The van der Waals surface area contributed by atoms with Crippen molar-refractivity contribution in [1.82, 2.24) is 10.2 Å². The molecule has 1 aromatic rings. The van der Waals surface area contributed by atoms with Gasteiger partial charge in [0.2, 0.25) is 0 Å². The molecule has 0 fully saturated rings. The number of carbonyl (C=O) groups is 3. The van der Waals surface area contributed by atoms with E-state index in [0.717, 1.165) is 5.56 Å². The van der Waals surface area contributed by atoms with Gasteiger partial charge in [-0.15, -0.1) is 0 Å². The Morgan fingerprint density at radius 3 is 1.97 bits per heavy atom. The van der Waals surface area contributed by atoms with Gasteiger partial charge >= 0.3 is 12.1 Å². The number of nitrogens with zero attached hydrogens (tertiary/aromatic N) is 1. The van der Waals surface area contributed by atoms with Crippen molar-refractivity contribution in [2.75, 3.05) is 13.1 Å². The number of ether oxygens (including phenoxy) is 2. The third-order valence-electron chi connectivity index (χ3n) is 4.19. The molecule has 1 unspecified atom stereocenters. The zero-order valence-corrected chi connectivity index (χ0v) is 20.9. The molecule has 0 aliphatic rings. The number of benzene rings is 1. The van der Waals surface area contributed by atoms with Crippen LogP contribution < -0.4 is 5.32 Å². The average molecular weight is 449 g/mol. The van der Waals surface area contributed by atoms with E-state index in [9.17, 15) is 14.4 Å². The van der Waals surface area contributed by atoms with Crippen LogP contribution in [0.25, 0.3) is 0 Å². The Bertz CT molecular complexity index is 748. The van der Waals surface area contributed by atoms with Crippen molar-refractivity contribution in [3.8, 4) is 0 Å². The van der Waals surface area contributed by atoms with Gasteiger partial charge in [-0.25, -0.2) is 4.79 Å². The summed E-state index contributed by atoms with van der Waals surface area (Å²) >= 11 is 0. The van der Waals surface area contributed by atoms with Crippen LogP contribution in [0.4, 0.5) is 4.79 Å². The number of carbonyl (C=O) groups excluding carboxylic acids is 3. The Labute approximate surface area is 192 Å². The lowest BCUT2D eigenvalue weighted by atomic mass is 10.00. The summed E-state index contributed by atoms with van der Waals surface area (Å²) in [5.74, 6) is -0.391. The lowest BCUT2D eigenvalue weighted by Gasteiger charge is -2.27. The molecule has 0 saturated carbocycles. The molecule has 1 atom stereocenters. The van der Waals surface area contributed by atoms with Crippen molar-refractivity contribution in [1.29, 1.82) is 0 Å². The highest BCUT2D eigenvalue weighted by Gasteiger charge is 2.28. The zero-order valence-electron chi connectivity index (χ0n) is 20.9. The maximum atomic E-state index is 13.2. The predicted octanol–water partition coefficient (Wildman–Crippen LogP) is 4.34. The molecule has 1 aromatic carbocycles. The van der Waals surface area contributed by atoms with Crippen LogP contribution in [-0.4, -0.2) is 53.1 Å². The molecule has 0 bridgehead atoms. The van der Waals surface area contributed by atoms with E-state index in [1.807, 2.05) is 44.2 Å². The first-order chi connectivity index (χ1) is 14.6. The second-order valence-electron chi connectivity index (χ2n) is 10.5. The zero-order chi connectivity index (χ0) is 24.5. The summed E-state index contributed by atoms with van der Waals surface area (Å²) in [7, 11) is 0. The van der Waals surface area contributed by atoms with Crippen molar-refractivity contribution >= 4 is 17.8 Å². The molecule has 7 nitrogen and oxygen atoms in total. The molecule has 0 aromatic heterocycles. The lowest BCUT2D eigenvalue weighted by Crippen LogP contribution is -2.48. The summed E-state index contributed by atoms with van der Waals surface area (Å²) < 4.78 is 10.8. The van der Waals surface area contributed by atoms with Gasteiger partial charge in [0, 0.05) is 6.54 Å². The molecule has 32 heavy (non-hydrogen) atoms. The van der Waals surface area contributed by atoms with Crippen molar-refractivity contribution in [3.63, 3.8) is 0 Å². The van der Waals surface area contributed by atoms with Crippen molar-refractivity contribution in [2.45, 2.75) is 85.6 Å². The molecule has 1 rings (SSSR count). The normalized spacial score (nSPS) is 13.1. The minimum Gasteiger partial charge on any atom is -0.459 e. The maximum absolute atomic E-state index is 13.2. The minimum atomic E-state index is -0.707. The number of rotatable bonds is 10. The Kier molecular flexibility index (Phi) is 10.4. The van der Waals surface area contributed by atoms with Crippen molar-refractivity contribution in [2.24, 2.45) is 5.92 Å².